The average Bonchev–Trinajstić information content (AvgIpc) is 2.53. The van der Waals surface area contributed by atoms with E-state index in [1.165, 1.54) is 25.0 Å². The number of benzene rings is 1. The van der Waals surface area contributed by atoms with E-state index in [2.05, 4.69) is 22.2 Å². The lowest BCUT2D eigenvalue weighted by Crippen LogP contribution is -2.35. The molecule has 1 heterocycles. The van der Waals surface area contributed by atoms with Crippen molar-refractivity contribution in [1.29, 1.82) is 0 Å². The van der Waals surface area contributed by atoms with Gasteiger partial charge in [-0.1, -0.05) is 41.9 Å². The van der Waals surface area contributed by atoms with Crippen LogP contribution in [0.3, 0.4) is 0 Å². The van der Waals surface area contributed by atoms with Crippen molar-refractivity contribution in [2.45, 2.75) is 30.4 Å². The number of hydrogen-bond acceptors (Lipinski definition) is 4. The third-order valence-electron chi connectivity index (χ3n) is 3.67. The van der Waals surface area contributed by atoms with Crippen LogP contribution in [0.25, 0.3) is 0 Å². The number of oxime groups is 1. The summed E-state index contributed by atoms with van der Waals surface area (Å²) in [5.74, 6) is 1.46. The monoisotopic (exact) mass is 293 g/mol. The van der Waals surface area contributed by atoms with Gasteiger partial charge >= 0.3 is 0 Å². The van der Waals surface area contributed by atoms with Gasteiger partial charge in [-0.2, -0.15) is 11.8 Å². The lowest BCUT2D eigenvalue weighted by Gasteiger charge is -2.23. The van der Waals surface area contributed by atoms with E-state index in [0.29, 0.717) is 11.8 Å². The van der Waals surface area contributed by atoms with E-state index in [1.54, 1.807) is 0 Å². The highest BCUT2D eigenvalue weighted by Crippen LogP contribution is 2.24. The molecule has 0 radical (unpaired) electrons. The molecular weight excluding hydrogens is 270 g/mol. The number of hydrogen-bond donors (Lipinski definition) is 3. The first-order valence-electron chi connectivity index (χ1n) is 7.16. The maximum Gasteiger partial charge on any atom is 0.147 e. The van der Waals surface area contributed by atoms with E-state index in [9.17, 15) is 0 Å². The van der Waals surface area contributed by atoms with Crippen molar-refractivity contribution in [2.75, 3.05) is 18.8 Å². The van der Waals surface area contributed by atoms with Gasteiger partial charge in [-0.3, -0.25) is 0 Å². The molecule has 2 unspecified atom stereocenters. The molecule has 0 amide bonds. The summed E-state index contributed by atoms with van der Waals surface area (Å²) in [5.41, 5.74) is 6.90. The van der Waals surface area contributed by atoms with Gasteiger partial charge in [0.1, 0.15) is 5.84 Å². The lowest BCUT2D eigenvalue weighted by atomic mass is 9.98. The quantitative estimate of drug-likeness (QED) is 0.326. The van der Waals surface area contributed by atoms with Gasteiger partial charge in [-0.15, -0.1) is 0 Å². The molecule has 0 aliphatic carbocycles. The maximum atomic E-state index is 8.95. The van der Waals surface area contributed by atoms with Crippen LogP contribution in [-0.2, 0) is 0 Å². The second-order valence-electron chi connectivity index (χ2n) is 5.13. The zero-order chi connectivity index (χ0) is 14.2. The van der Waals surface area contributed by atoms with Crippen LogP contribution in [0.2, 0.25) is 0 Å². The summed E-state index contributed by atoms with van der Waals surface area (Å²) in [6, 6.07) is 9.95. The molecule has 0 saturated carbocycles. The van der Waals surface area contributed by atoms with Crippen LogP contribution in [0, 0.1) is 0 Å². The van der Waals surface area contributed by atoms with E-state index in [0.717, 1.165) is 12.1 Å². The van der Waals surface area contributed by atoms with Gasteiger partial charge in [0.2, 0.25) is 0 Å². The minimum Gasteiger partial charge on any atom is -0.409 e. The Morgan fingerprint density at radius 1 is 1.40 bits per heavy atom. The average molecular weight is 293 g/mol. The van der Waals surface area contributed by atoms with Crippen LogP contribution in [0.1, 0.15) is 30.7 Å². The fourth-order valence-corrected chi connectivity index (χ4v) is 3.78. The number of thioether (sulfide) groups is 1. The highest BCUT2D eigenvalue weighted by Gasteiger charge is 2.18. The zero-order valence-corrected chi connectivity index (χ0v) is 12.5. The summed E-state index contributed by atoms with van der Waals surface area (Å²) >= 11 is 2.05. The van der Waals surface area contributed by atoms with Crippen LogP contribution < -0.4 is 11.1 Å². The highest BCUT2D eigenvalue weighted by molar-refractivity contribution is 7.99. The first-order valence-corrected chi connectivity index (χ1v) is 8.21. The molecule has 2 atom stereocenters. The van der Waals surface area contributed by atoms with Crippen molar-refractivity contribution in [2.24, 2.45) is 10.9 Å². The molecule has 5 heteroatoms. The minimum atomic E-state index is -0.0743. The Balaban J connectivity index is 1.88. The SMILES string of the molecule is N/C(=N/O)C(CNCC1CCCCS1)c1ccccc1. The van der Waals surface area contributed by atoms with Crippen LogP contribution >= 0.6 is 11.8 Å². The number of nitrogens with two attached hydrogens (primary N) is 1. The third-order valence-corrected chi connectivity index (χ3v) is 5.07. The zero-order valence-electron chi connectivity index (χ0n) is 11.7. The molecule has 0 bridgehead atoms. The summed E-state index contributed by atoms with van der Waals surface area (Å²) in [6.07, 6.45) is 3.97. The van der Waals surface area contributed by atoms with Crippen LogP contribution in [-0.4, -0.2) is 35.1 Å². The van der Waals surface area contributed by atoms with Gasteiger partial charge in [-0.05, 0) is 24.2 Å². The Hall–Kier alpha value is -1.20. The van der Waals surface area contributed by atoms with Gasteiger partial charge in [-0.25, -0.2) is 0 Å². The number of nitrogens with zero attached hydrogens (tertiary/aromatic N) is 1. The van der Waals surface area contributed by atoms with Gasteiger partial charge in [0.25, 0.3) is 0 Å². The Kier molecular flexibility index (Phi) is 6.21. The molecule has 110 valence electrons. The van der Waals surface area contributed by atoms with Crippen LogP contribution in [0.4, 0.5) is 0 Å². The van der Waals surface area contributed by atoms with Crippen molar-refractivity contribution in [3.05, 3.63) is 35.9 Å². The third kappa shape index (κ3) is 4.42. The molecule has 0 spiro atoms. The molecule has 20 heavy (non-hydrogen) atoms. The molecule has 1 aliphatic rings. The summed E-state index contributed by atoms with van der Waals surface area (Å²) in [7, 11) is 0. The fourth-order valence-electron chi connectivity index (χ4n) is 2.51. The normalized spacial score (nSPS) is 21.6. The summed E-state index contributed by atoms with van der Waals surface area (Å²) in [4.78, 5) is 0. The van der Waals surface area contributed by atoms with Gasteiger partial charge < -0.3 is 16.3 Å². The highest BCUT2D eigenvalue weighted by atomic mass is 32.2. The fraction of sp³-hybridized carbons (Fsp3) is 0.533. The smallest absolute Gasteiger partial charge is 0.147 e. The Morgan fingerprint density at radius 3 is 2.85 bits per heavy atom. The van der Waals surface area contributed by atoms with Crippen molar-refractivity contribution in [3.8, 4) is 0 Å². The van der Waals surface area contributed by atoms with E-state index < -0.39 is 0 Å². The lowest BCUT2D eigenvalue weighted by molar-refractivity contribution is 0.315. The van der Waals surface area contributed by atoms with E-state index >= 15 is 0 Å². The van der Waals surface area contributed by atoms with Gasteiger partial charge in [0, 0.05) is 18.3 Å². The summed E-state index contributed by atoms with van der Waals surface area (Å²) in [5, 5.41) is 16.3. The standard InChI is InChI=1S/C15H23N3OS/c16-15(18-19)14(12-6-2-1-3-7-12)11-17-10-13-8-4-5-9-20-13/h1-3,6-7,13-14,17,19H,4-5,8-11H2,(H2,16,18). The molecule has 1 saturated heterocycles. The molecule has 0 aromatic heterocycles. The second kappa shape index (κ2) is 8.17. The molecule has 1 aromatic rings. The summed E-state index contributed by atoms with van der Waals surface area (Å²) < 4.78 is 0. The number of nitrogens with one attached hydrogen (secondary N) is 1. The molecule has 1 fully saturated rings. The second-order valence-corrected chi connectivity index (χ2v) is 6.54. The van der Waals surface area contributed by atoms with Crippen LogP contribution in [0.5, 0.6) is 0 Å². The van der Waals surface area contributed by atoms with Crippen molar-refractivity contribution in [1.82, 2.24) is 5.32 Å². The molecule has 1 aliphatic heterocycles. The first-order chi connectivity index (χ1) is 9.81. The predicted molar refractivity (Wildman–Crippen MR) is 85.6 cm³/mol. The van der Waals surface area contributed by atoms with Crippen molar-refractivity contribution < 1.29 is 5.21 Å². The number of amidine groups is 1. The maximum absolute atomic E-state index is 8.95. The first kappa shape index (κ1) is 15.2. The van der Waals surface area contributed by atoms with Crippen molar-refractivity contribution in [3.63, 3.8) is 0 Å². The van der Waals surface area contributed by atoms with Gasteiger partial charge in [0.05, 0.1) is 5.92 Å². The molecule has 2 rings (SSSR count). The minimum absolute atomic E-state index is 0.0743. The van der Waals surface area contributed by atoms with Crippen molar-refractivity contribution >= 4 is 17.6 Å². The van der Waals surface area contributed by atoms with E-state index in [4.69, 9.17) is 10.9 Å². The molecular formula is C15H23N3OS. The molecule has 4 N–H and O–H groups in total. The Labute approximate surface area is 124 Å². The Morgan fingerprint density at radius 2 is 2.20 bits per heavy atom. The number of rotatable bonds is 6. The van der Waals surface area contributed by atoms with E-state index in [-0.39, 0.29) is 11.8 Å². The summed E-state index contributed by atoms with van der Waals surface area (Å²) in [6.45, 7) is 1.70. The topological polar surface area (TPSA) is 70.6 Å². The van der Waals surface area contributed by atoms with Crippen LogP contribution in [0.15, 0.2) is 35.5 Å². The largest absolute Gasteiger partial charge is 0.409 e. The Bertz CT molecular complexity index is 418. The van der Waals surface area contributed by atoms with E-state index in [1.807, 2.05) is 30.3 Å². The predicted octanol–water partition coefficient (Wildman–Crippen LogP) is 2.39. The molecule has 1 aromatic carbocycles. The van der Waals surface area contributed by atoms with Gasteiger partial charge in [0.15, 0.2) is 0 Å². The molecule has 4 nitrogen and oxygen atoms in total.